The predicted octanol–water partition coefficient (Wildman–Crippen LogP) is 3.48. The molecule has 0 aromatic heterocycles. The maximum absolute atomic E-state index is 12.5. The molecule has 1 aromatic rings. The van der Waals surface area contributed by atoms with Crippen LogP contribution in [-0.2, 0) is 10.0 Å². The molecule has 21 heavy (non-hydrogen) atoms. The fraction of sp³-hybridized carbons (Fsp3) is 0.600. The van der Waals surface area contributed by atoms with Gasteiger partial charge in [0, 0.05) is 6.04 Å². The standard InChI is InChI=1S/C15H23ClN2O2S/c1-10-8-12(9-13(17)14(10)16)21(19,20)18-11-4-6-15(2,3)7-5-11/h8-9,11,18H,4-7,17H2,1-3H3. The smallest absolute Gasteiger partial charge is 0.240 e. The summed E-state index contributed by atoms with van der Waals surface area (Å²) >= 11 is 5.98. The second-order valence-electron chi connectivity index (χ2n) is 6.70. The van der Waals surface area contributed by atoms with Crippen molar-refractivity contribution in [2.45, 2.75) is 57.4 Å². The Hall–Kier alpha value is -0.780. The zero-order chi connectivity index (χ0) is 15.8. The van der Waals surface area contributed by atoms with E-state index in [1.807, 2.05) is 0 Å². The lowest BCUT2D eigenvalue weighted by Gasteiger charge is -2.34. The van der Waals surface area contributed by atoms with Gasteiger partial charge < -0.3 is 5.73 Å². The number of nitrogens with two attached hydrogens (primary N) is 1. The van der Waals surface area contributed by atoms with Crippen molar-refractivity contribution < 1.29 is 8.42 Å². The Morgan fingerprint density at radius 3 is 2.38 bits per heavy atom. The highest BCUT2D eigenvalue weighted by Gasteiger charge is 2.29. The van der Waals surface area contributed by atoms with E-state index in [-0.39, 0.29) is 10.9 Å². The molecule has 0 spiro atoms. The summed E-state index contributed by atoms with van der Waals surface area (Å²) < 4.78 is 27.7. The maximum atomic E-state index is 12.5. The van der Waals surface area contributed by atoms with Gasteiger partial charge in [0.1, 0.15) is 0 Å². The third-order valence-electron chi connectivity index (χ3n) is 4.23. The monoisotopic (exact) mass is 330 g/mol. The Morgan fingerprint density at radius 1 is 1.29 bits per heavy atom. The van der Waals surface area contributed by atoms with E-state index in [1.54, 1.807) is 13.0 Å². The number of nitrogen functional groups attached to an aromatic ring is 1. The third-order valence-corrected chi connectivity index (χ3v) is 6.24. The summed E-state index contributed by atoms with van der Waals surface area (Å²) in [6.45, 7) is 6.20. The zero-order valence-electron chi connectivity index (χ0n) is 12.7. The molecule has 0 amide bonds. The first-order valence-corrected chi connectivity index (χ1v) is 9.05. The van der Waals surface area contributed by atoms with E-state index in [9.17, 15) is 8.42 Å². The van der Waals surface area contributed by atoms with Crippen molar-refractivity contribution in [3.63, 3.8) is 0 Å². The van der Waals surface area contributed by atoms with Crippen LogP contribution in [0.2, 0.25) is 5.02 Å². The normalized spacial score (nSPS) is 19.6. The Labute approximate surface area is 132 Å². The topological polar surface area (TPSA) is 72.2 Å². The number of rotatable bonds is 3. The summed E-state index contributed by atoms with van der Waals surface area (Å²) in [7, 11) is -3.55. The largest absolute Gasteiger partial charge is 0.397 e. The Balaban J connectivity index is 2.16. The number of hydrogen-bond donors (Lipinski definition) is 2. The first kappa shape index (κ1) is 16.6. The highest BCUT2D eigenvalue weighted by atomic mass is 35.5. The molecule has 0 aliphatic heterocycles. The molecule has 1 aromatic carbocycles. The maximum Gasteiger partial charge on any atom is 0.240 e. The molecule has 3 N–H and O–H groups in total. The van der Waals surface area contributed by atoms with E-state index in [0.29, 0.717) is 21.7 Å². The van der Waals surface area contributed by atoms with Gasteiger partial charge in [-0.3, -0.25) is 0 Å². The van der Waals surface area contributed by atoms with Gasteiger partial charge in [0.25, 0.3) is 0 Å². The lowest BCUT2D eigenvalue weighted by atomic mass is 9.76. The van der Waals surface area contributed by atoms with E-state index in [0.717, 1.165) is 25.7 Å². The van der Waals surface area contributed by atoms with Gasteiger partial charge in [-0.15, -0.1) is 0 Å². The van der Waals surface area contributed by atoms with Gasteiger partial charge >= 0.3 is 0 Å². The summed E-state index contributed by atoms with van der Waals surface area (Å²) in [5.74, 6) is 0. The molecule has 118 valence electrons. The van der Waals surface area contributed by atoms with Gasteiger partial charge in [-0.2, -0.15) is 0 Å². The van der Waals surface area contributed by atoms with Crippen LogP contribution in [0, 0.1) is 12.3 Å². The van der Waals surface area contributed by atoms with Crippen LogP contribution in [0.1, 0.15) is 45.1 Å². The van der Waals surface area contributed by atoms with E-state index in [1.165, 1.54) is 6.07 Å². The number of sulfonamides is 1. The molecular weight excluding hydrogens is 308 g/mol. The molecule has 4 nitrogen and oxygen atoms in total. The minimum absolute atomic E-state index is 0.000216. The molecule has 6 heteroatoms. The number of aryl methyl sites for hydroxylation is 1. The van der Waals surface area contributed by atoms with Crippen molar-refractivity contribution in [2.24, 2.45) is 5.41 Å². The van der Waals surface area contributed by atoms with Gasteiger partial charge in [-0.1, -0.05) is 25.4 Å². The van der Waals surface area contributed by atoms with E-state index in [4.69, 9.17) is 17.3 Å². The lowest BCUT2D eigenvalue weighted by Crippen LogP contribution is -2.39. The molecule has 0 unspecified atom stereocenters. The molecule has 2 rings (SSSR count). The Morgan fingerprint density at radius 2 is 1.86 bits per heavy atom. The summed E-state index contributed by atoms with van der Waals surface area (Å²) in [6, 6.07) is 2.98. The van der Waals surface area contributed by atoms with Gasteiger partial charge in [0.2, 0.25) is 10.0 Å². The minimum atomic E-state index is -3.55. The summed E-state index contributed by atoms with van der Waals surface area (Å²) in [5.41, 5.74) is 7.03. The summed E-state index contributed by atoms with van der Waals surface area (Å²) in [4.78, 5) is 0.187. The molecule has 0 radical (unpaired) electrons. The highest BCUT2D eigenvalue weighted by Crippen LogP contribution is 2.35. The Bertz CT molecular complexity index is 608. The molecule has 1 saturated carbocycles. The first-order valence-electron chi connectivity index (χ1n) is 7.19. The van der Waals surface area contributed by atoms with Crippen LogP contribution in [-0.4, -0.2) is 14.5 Å². The zero-order valence-corrected chi connectivity index (χ0v) is 14.3. The number of halogens is 1. The molecule has 0 heterocycles. The number of benzene rings is 1. The second-order valence-corrected chi connectivity index (χ2v) is 8.80. The SMILES string of the molecule is Cc1cc(S(=O)(=O)NC2CCC(C)(C)CC2)cc(N)c1Cl. The molecule has 1 aliphatic rings. The summed E-state index contributed by atoms with van der Waals surface area (Å²) in [6.07, 6.45) is 3.80. The highest BCUT2D eigenvalue weighted by molar-refractivity contribution is 7.89. The average molecular weight is 331 g/mol. The Kier molecular flexibility index (Phi) is 4.57. The predicted molar refractivity (Wildman–Crippen MR) is 87.0 cm³/mol. The minimum Gasteiger partial charge on any atom is -0.397 e. The third kappa shape index (κ3) is 3.90. The van der Waals surface area contributed by atoms with Crippen molar-refractivity contribution in [3.05, 3.63) is 22.7 Å². The van der Waals surface area contributed by atoms with Crippen LogP contribution < -0.4 is 10.5 Å². The van der Waals surface area contributed by atoms with Gasteiger partial charge in [-0.05, 0) is 55.7 Å². The van der Waals surface area contributed by atoms with Crippen molar-refractivity contribution >= 4 is 27.3 Å². The average Bonchev–Trinajstić information content (AvgIpc) is 2.38. The number of hydrogen-bond acceptors (Lipinski definition) is 3. The molecule has 0 atom stereocenters. The van der Waals surface area contributed by atoms with E-state index < -0.39 is 10.0 Å². The fourth-order valence-electron chi connectivity index (χ4n) is 2.72. The molecule has 0 saturated heterocycles. The van der Waals surface area contributed by atoms with Crippen LogP contribution in [0.5, 0.6) is 0 Å². The van der Waals surface area contributed by atoms with Crippen LogP contribution in [0.25, 0.3) is 0 Å². The van der Waals surface area contributed by atoms with Crippen LogP contribution in [0.4, 0.5) is 5.69 Å². The van der Waals surface area contributed by atoms with E-state index in [2.05, 4.69) is 18.6 Å². The lowest BCUT2D eigenvalue weighted by molar-refractivity contribution is 0.218. The molecule has 1 aliphatic carbocycles. The molecular formula is C15H23ClN2O2S. The quantitative estimate of drug-likeness (QED) is 0.833. The van der Waals surface area contributed by atoms with Crippen molar-refractivity contribution in [2.75, 3.05) is 5.73 Å². The van der Waals surface area contributed by atoms with Crippen molar-refractivity contribution in [1.29, 1.82) is 0 Å². The molecule has 0 bridgehead atoms. The van der Waals surface area contributed by atoms with Crippen LogP contribution >= 0.6 is 11.6 Å². The summed E-state index contributed by atoms with van der Waals surface area (Å²) in [5, 5.41) is 0.411. The van der Waals surface area contributed by atoms with Gasteiger partial charge in [0.05, 0.1) is 15.6 Å². The van der Waals surface area contributed by atoms with Crippen molar-refractivity contribution in [3.8, 4) is 0 Å². The fourth-order valence-corrected chi connectivity index (χ4v) is 4.26. The van der Waals surface area contributed by atoms with Gasteiger partial charge in [0.15, 0.2) is 0 Å². The van der Waals surface area contributed by atoms with Crippen molar-refractivity contribution in [1.82, 2.24) is 4.72 Å². The first-order chi connectivity index (χ1) is 9.61. The van der Waals surface area contributed by atoms with Crippen LogP contribution in [0.3, 0.4) is 0 Å². The number of anilines is 1. The van der Waals surface area contributed by atoms with Crippen LogP contribution in [0.15, 0.2) is 17.0 Å². The van der Waals surface area contributed by atoms with E-state index >= 15 is 0 Å². The second kappa shape index (κ2) is 5.78. The van der Waals surface area contributed by atoms with Gasteiger partial charge in [-0.25, -0.2) is 13.1 Å². The number of nitrogens with one attached hydrogen (secondary N) is 1. The molecule has 1 fully saturated rings.